The van der Waals surface area contributed by atoms with Gasteiger partial charge in [0.25, 0.3) is 0 Å². The number of thioether (sulfide) groups is 1. The van der Waals surface area contributed by atoms with Gasteiger partial charge in [-0.3, -0.25) is 4.90 Å². The van der Waals surface area contributed by atoms with Crippen LogP contribution < -0.4 is 0 Å². The molecule has 4 nitrogen and oxygen atoms in total. The summed E-state index contributed by atoms with van der Waals surface area (Å²) >= 11 is 1.94. The smallest absolute Gasteiger partial charge is 0.339 e. The molecule has 3 aromatic rings. The Kier molecular flexibility index (Phi) is 6.37. The van der Waals surface area contributed by atoms with Crippen molar-refractivity contribution in [2.75, 3.05) is 32.5 Å². The molecule has 0 atom stereocenters. The van der Waals surface area contributed by atoms with Gasteiger partial charge in [0.05, 0.1) is 18.2 Å². The summed E-state index contributed by atoms with van der Waals surface area (Å²) in [5, 5.41) is 1.11. The molecule has 1 N–H and O–H groups in total. The number of aromatic nitrogens is 1. The summed E-state index contributed by atoms with van der Waals surface area (Å²) in [6.45, 7) is 3.25. The zero-order valence-electron chi connectivity index (χ0n) is 16.7. The van der Waals surface area contributed by atoms with Crippen LogP contribution in [0.4, 0.5) is 0 Å². The topological polar surface area (TPSA) is 45.3 Å². The molecule has 0 bridgehead atoms. The lowest BCUT2D eigenvalue weighted by Crippen LogP contribution is -2.30. The van der Waals surface area contributed by atoms with Crippen LogP contribution in [0.5, 0.6) is 0 Å². The van der Waals surface area contributed by atoms with Crippen LogP contribution in [0.15, 0.2) is 60.8 Å². The maximum absolute atomic E-state index is 11.9. The highest BCUT2D eigenvalue weighted by Crippen LogP contribution is 2.26. The molecule has 5 heteroatoms. The minimum atomic E-state index is -0.301. The van der Waals surface area contributed by atoms with Crippen LogP contribution in [0.3, 0.4) is 0 Å². The highest BCUT2D eigenvalue weighted by molar-refractivity contribution is 7.98. The van der Waals surface area contributed by atoms with Crippen LogP contribution in [0, 0.1) is 0 Å². The van der Waals surface area contributed by atoms with Crippen molar-refractivity contribution in [2.45, 2.75) is 12.2 Å². The molecule has 0 spiro atoms. The maximum Gasteiger partial charge on any atom is 0.339 e. The maximum atomic E-state index is 11.9. The van der Waals surface area contributed by atoms with Crippen LogP contribution in [-0.2, 0) is 10.5 Å². The number of nitrogens with zero attached hydrogens (tertiary/aromatic N) is 1. The molecule has 0 amide bonds. The molecule has 0 aliphatic carbocycles. The predicted molar refractivity (Wildman–Crippen MR) is 121 cm³/mol. The fourth-order valence-corrected chi connectivity index (χ4v) is 4.81. The molecular formula is C24H26N2O2S. The Balaban J connectivity index is 1.28. The van der Waals surface area contributed by atoms with Gasteiger partial charge < -0.3 is 9.72 Å². The van der Waals surface area contributed by atoms with Crippen LogP contribution in [0.1, 0.15) is 27.9 Å². The van der Waals surface area contributed by atoms with Gasteiger partial charge in [-0.1, -0.05) is 48.5 Å². The first kappa shape index (κ1) is 19.8. The average Bonchev–Trinajstić information content (AvgIpc) is 3.20. The summed E-state index contributed by atoms with van der Waals surface area (Å²) in [6.07, 6.45) is 5.50. The molecular weight excluding hydrogens is 380 g/mol. The number of carbonyl (C=O) groups is 1. The third-order valence-corrected chi connectivity index (χ3v) is 6.44. The molecule has 1 aliphatic heterocycles. The van der Waals surface area contributed by atoms with Crippen molar-refractivity contribution in [3.05, 3.63) is 77.5 Å². The molecule has 1 aromatic heterocycles. The SMILES string of the molecule is COC(=O)c1cccc2c(CSCCN3CC=C(c4ccccc4)CC3)c[nH]c12. The number of para-hydroxylation sites is 1. The predicted octanol–water partition coefficient (Wildman–Crippen LogP) is 4.98. The summed E-state index contributed by atoms with van der Waals surface area (Å²) in [6, 6.07) is 16.5. The van der Waals surface area contributed by atoms with Crippen LogP contribution in [0.2, 0.25) is 0 Å². The van der Waals surface area contributed by atoms with Crippen LogP contribution >= 0.6 is 11.8 Å². The van der Waals surface area contributed by atoms with Gasteiger partial charge in [0.1, 0.15) is 0 Å². The normalized spacial score (nSPS) is 14.7. The summed E-state index contributed by atoms with van der Waals surface area (Å²) in [5.74, 6) is 1.73. The zero-order valence-corrected chi connectivity index (χ0v) is 17.5. The molecule has 2 aromatic carbocycles. The lowest BCUT2D eigenvalue weighted by atomic mass is 10.00. The van der Waals surface area contributed by atoms with Crippen LogP contribution in [-0.4, -0.2) is 48.4 Å². The average molecular weight is 407 g/mol. The molecule has 29 heavy (non-hydrogen) atoms. The number of fused-ring (bicyclic) bond motifs is 1. The van der Waals surface area contributed by atoms with E-state index in [1.54, 1.807) is 6.07 Å². The highest BCUT2D eigenvalue weighted by Gasteiger charge is 2.15. The fourth-order valence-electron chi connectivity index (χ4n) is 3.82. The quantitative estimate of drug-likeness (QED) is 0.444. The van der Waals surface area contributed by atoms with Gasteiger partial charge in [-0.2, -0.15) is 11.8 Å². The second-order valence-corrected chi connectivity index (χ2v) is 8.34. The summed E-state index contributed by atoms with van der Waals surface area (Å²) in [7, 11) is 1.42. The number of esters is 1. The number of hydrogen-bond acceptors (Lipinski definition) is 4. The van der Waals surface area contributed by atoms with Crippen molar-refractivity contribution in [3.8, 4) is 0 Å². The minimum Gasteiger partial charge on any atom is -0.465 e. The number of H-pyrrole nitrogens is 1. The van der Waals surface area contributed by atoms with E-state index in [4.69, 9.17) is 4.74 Å². The molecule has 150 valence electrons. The molecule has 0 fully saturated rings. The van der Waals surface area contributed by atoms with Crippen molar-refractivity contribution in [1.29, 1.82) is 0 Å². The Labute approximate surface area is 175 Å². The molecule has 1 aliphatic rings. The van der Waals surface area contributed by atoms with Gasteiger partial charge in [-0.05, 0) is 29.2 Å². The number of benzene rings is 2. The Hall–Kier alpha value is -2.50. The van der Waals surface area contributed by atoms with Crippen molar-refractivity contribution >= 4 is 34.2 Å². The largest absolute Gasteiger partial charge is 0.465 e. The second kappa shape index (κ2) is 9.33. The Morgan fingerprint density at radius 1 is 1.17 bits per heavy atom. The first-order valence-corrected chi connectivity index (χ1v) is 11.1. The number of carbonyl (C=O) groups excluding carboxylic acids is 1. The van der Waals surface area contributed by atoms with E-state index in [-0.39, 0.29) is 5.97 Å². The Bertz CT molecular complexity index is 1010. The van der Waals surface area contributed by atoms with Gasteiger partial charge >= 0.3 is 5.97 Å². The number of rotatable bonds is 7. The van der Waals surface area contributed by atoms with E-state index in [0.717, 1.165) is 48.5 Å². The fraction of sp³-hybridized carbons (Fsp3) is 0.292. The van der Waals surface area contributed by atoms with Crippen molar-refractivity contribution < 1.29 is 9.53 Å². The molecule has 2 heterocycles. The molecule has 0 saturated heterocycles. The number of ether oxygens (including phenoxy) is 1. The van der Waals surface area contributed by atoms with Crippen molar-refractivity contribution in [3.63, 3.8) is 0 Å². The minimum absolute atomic E-state index is 0.301. The molecule has 0 saturated carbocycles. The van der Waals surface area contributed by atoms with E-state index >= 15 is 0 Å². The standard InChI is InChI=1S/C24H26N2O2S/c1-28-24(27)22-9-5-8-21-20(16-25-23(21)22)17-29-15-14-26-12-10-19(11-13-26)18-6-3-2-4-7-18/h2-10,16,25H,11-15,17H2,1H3. The van der Waals surface area contributed by atoms with Gasteiger partial charge in [-0.25, -0.2) is 4.79 Å². The first-order valence-electron chi connectivity index (χ1n) is 9.98. The number of methoxy groups -OCH3 is 1. The van der Waals surface area contributed by atoms with E-state index in [0.29, 0.717) is 5.56 Å². The highest BCUT2D eigenvalue weighted by atomic mass is 32.2. The van der Waals surface area contributed by atoms with Gasteiger partial charge in [0.2, 0.25) is 0 Å². The summed E-state index contributed by atoms with van der Waals surface area (Å²) in [5.41, 5.74) is 5.52. The van der Waals surface area contributed by atoms with Gasteiger partial charge in [-0.15, -0.1) is 0 Å². The Morgan fingerprint density at radius 2 is 2.03 bits per heavy atom. The lowest BCUT2D eigenvalue weighted by molar-refractivity contribution is 0.0603. The monoisotopic (exact) mass is 406 g/mol. The van der Waals surface area contributed by atoms with E-state index in [1.165, 1.54) is 23.8 Å². The molecule has 0 unspecified atom stereocenters. The summed E-state index contributed by atoms with van der Waals surface area (Å²) in [4.78, 5) is 17.7. The zero-order chi connectivity index (χ0) is 20.1. The Morgan fingerprint density at radius 3 is 2.79 bits per heavy atom. The van der Waals surface area contributed by atoms with Crippen LogP contribution in [0.25, 0.3) is 16.5 Å². The summed E-state index contributed by atoms with van der Waals surface area (Å²) < 4.78 is 4.88. The van der Waals surface area contributed by atoms with Crippen molar-refractivity contribution in [2.24, 2.45) is 0 Å². The number of nitrogens with one attached hydrogen (secondary N) is 1. The third kappa shape index (κ3) is 4.57. The van der Waals surface area contributed by atoms with E-state index in [1.807, 2.05) is 24.0 Å². The van der Waals surface area contributed by atoms with Crippen molar-refractivity contribution in [1.82, 2.24) is 9.88 Å². The van der Waals surface area contributed by atoms with E-state index in [2.05, 4.69) is 52.4 Å². The third-order valence-electron chi connectivity index (χ3n) is 5.45. The van der Waals surface area contributed by atoms with E-state index < -0.39 is 0 Å². The van der Waals surface area contributed by atoms with Gasteiger partial charge in [0.15, 0.2) is 0 Å². The molecule has 0 radical (unpaired) electrons. The number of aromatic amines is 1. The molecule has 4 rings (SSSR count). The first-order chi connectivity index (χ1) is 14.3. The van der Waals surface area contributed by atoms with Gasteiger partial charge in [0, 0.05) is 42.7 Å². The number of hydrogen-bond donors (Lipinski definition) is 1. The lowest BCUT2D eigenvalue weighted by Gasteiger charge is -2.26. The second-order valence-electron chi connectivity index (χ2n) is 7.23. The van der Waals surface area contributed by atoms with E-state index in [9.17, 15) is 4.79 Å².